The number of nitrogens with zero attached hydrogens (tertiary/aromatic N) is 2. The lowest BCUT2D eigenvalue weighted by atomic mass is 10.0. The number of H-pyrrole nitrogens is 1. The van der Waals surface area contributed by atoms with Crippen molar-refractivity contribution in [3.63, 3.8) is 0 Å². The van der Waals surface area contributed by atoms with E-state index in [4.69, 9.17) is 11.5 Å². The van der Waals surface area contributed by atoms with Crippen molar-refractivity contribution in [3.05, 3.63) is 53.5 Å². The average molecular weight is 311 g/mol. The molecule has 3 rings (SSSR count). The quantitative estimate of drug-likeness (QED) is 0.689. The second-order valence-corrected chi connectivity index (χ2v) is 5.12. The van der Waals surface area contributed by atoms with E-state index in [1.165, 1.54) is 18.3 Å². The topological polar surface area (TPSA) is 111 Å². The smallest absolute Gasteiger partial charge is 0.250 e. The van der Waals surface area contributed by atoms with Crippen molar-refractivity contribution in [1.82, 2.24) is 15.0 Å². The van der Waals surface area contributed by atoms with Gasteiger partial charge in [-0.2, -0.15) is 0 Å². The number of benzene rings is 1. The Morgan fingerprint density at radius 2 is 2.04 bits per heavy atom. The number of rotatable bonds is 3. The third kappa shape index (κ3) is 2.76. The first-order valence-electron chi connectivity index (χ1n) is 6.84. The Morgan fingerprint density at radius 1 is 1.26 bits per heavy atom. The maximum atomic E-state index is 14.2. The van der Waals surface area contributed by atoms with Crippen LogP contribution in [0.3, 0.4) is 0 Å². The number of carbonyl (C=O) groups is 1. The van der Waals surface area contributed by atoms with Gasteiger partial charge in [0.1, 0.15) is 5.82 Å². The van der Waals surface area contributed by atoms with Gasteiger partial charge in [0, 0.05) is 11.8 Å². The fraction of sp³-hybridized carbons (Fsp3) is 0.0625. The van der Waals surface area contributed by atoms with Gasteiger partial charge in [-0.1, -0.05) is 11.6 Å². The molecule has 0 unspecified atom stereocenters. The number of halogens is 1. The summed E-state index contributed by atoms with van der Waals surface area (Å²) in [4.78, 5) is 22.6. The number of anilines is 1. The molecule has 1 aromatic carbocycles. The molecule has 6 nitrogen and oxygen atoms in total. The highest BCUT2D eigenvalue weighted by Gasteiger charge is 2.19. The average Bonchev–Trinajstić information content (AvgIpc) is 2.95. The Morgan fingerprint density at radius 3 is 2.74 bits per heavy atom. The normalized spacial score (nSPS) is 10.7. The SMILES string of the molecule is Cc1ccc(F)c(-c2[nH]c(-c3ccnc(N)n3)cc2C(N)=O)c1. The number of aromatic amines is 1. The molecule has 0 bridgehead atoms. The molecular formula is C16H14FN5O. The minimum Gasteiger partial charge on any atom is -0.368 e. The van der Waals surface area contributed by atoms with Crippen molar-refractivity contribution in [2.24, 2.45) is 5.73 Å². The highest BCUT2D eigenvalue weighted by atomic mass is 19.1. The van der Waals surface area contributed by atoms with E-state index in [0.717, 1.165) is 5.56 Å². The molecule has 0 radical (unpaired) electrons. The molecule has 0 aliphatic heterocycles. The fourth-order valence-corrected chi connectivity index (χ4v) is 2.35. The first-order chi connectivity index (χ1) is 11.0. The van der Waals surface area contributed by atoms with Crippen LogP contribution in [0.1, 0.15) is 15.9 Å². The molecule has 0 aliphatic rings. The van der Waals surface area contributed by atoms with Crippen LogP contribution in [0.15, 0.2) is 36.5 Å². The van der Waals surface area contributed by atoms with Gasteiger partial charge in [-0.05, 0) is 31.2 Å². The lowest BCUT2D eigenvalue weighted by Crippen LogP contribution is -2.11. The molecule has 23 heavy (non-hydrogen) atoms. The Hall–Kier alpha value is -3.22. The summed E-state index contributed by atoms with van der Waals surface area (Å²) in [5.74, 6) is -1.01. The van der Waals surface area contributed by atoms with Gasteiger partial charge in [-0.3, -0.25) is 4.79 Å². The molecule has 1 amide bonds. The van der Waals surface area contributed by atoms with Crippen LogP contribution in [0.5, 0.6) is 0 Å². The molecule has 0 fully saturated rings. The maximum absolute atomic E-state index is 14.2. The standard InChI is InChI=1S/C16H14FN5O/c1-8-2-3-11(17)9(6-8)14-10(15(18)23)7-13(21-14)12-4-5-20-16(19)22-12/h2-7,21H,1H3,(H2,18,23)(H2,19,20,22). The summed E-state index contributed by atoms with van der Waals surface area (Å²) in [6, 6.07) is 7.80. The summed E-state index contributed by atoms with van der Waals surface area (Å²) in [6.45, 7) is 1.84. The van der Waals surface area contributed by atoms with E-state index < -0.39 is 11.7 Å². The van der Waals surface area contributed by atoms with Gasteiger partial charge in [0.2, 0.25) is 5.95 Å². The number of hydrogen-bond acceptors (Lipinski definition) is 4. The summed E-state index contributed by atoms with van der Waals surface area (Å²) < 4.78 is 14.2. The first kappa shape index (κ1) is 14.7. The Kier molecular flexibility index (Phi) is 3.53. The summed E-state index contributed by atoms with van der Waals surface area (Å²) in [5.41, 5.74) is 13.6. The van der Waals surface area contributed by atoms with Crippen LogP contribution in [0.4, 0.5) is 10.3 Å². The molecule has 0 saturated heterocycles. The van der Waals surface area contributed by atoms with Gasteiger partial charge in [-0.25, -0.2) is 14.4 Å². The van der Waals surface area contributed by atoms with Crippen molar-refractivity contribution in [1.29, 1.82) is 0 Å². The van der Waals surface area contributed by atoms with Crippen LogP contribution in [0.25, 0.3) is 22.6 Å². The number of nitrogen functional groups attached to an aromatic ring is 1. The predicted molar refractivity (Wildman–Crippen MR) is 84.9 cm³/mol. The van der Waals surface area contributed by atoms with Crippen LogP contribution in [-0.4, -0.2) is 20.9 Å². The van der Waals surface area contributed by atoms with Crippen LogP contribution in [0, 0.1) is 12.7 Å². The number of amides is 1. The van der Waals surface area contributed by atoms with Crippen molar-refractivity contribution in [2.45, 2.75) is 6.92 Å². The van der Waals surface area contributed by atoms with Gasteiger partial charge in [0.15, 0.2) is 0 Å². The van der Waals surface area contributed by atoms with E-state index in [0.29, 0.717) is 17.1 Å². The zero-order valence-electron chi connectivity index (χ0n) is 12.3. The number of carbonyl (C=O) groups excluding carboxylic acids is 1. The van der Waals surface area contributed by atoms with Gasteiger partial charge in [-0.15, -0.1) is 0 Å². The highest BCUT2D eigenvalue weighted by molar-refractivity contribution is 6.00. The number of nitrogens with one attached hydrogen (secondary N) is 1. The van der Waals surface area contributed by atoms with E-state index in [-0.39, 0.29) is 17.1 Å². The molecule has 7 heteroatoms. The Balaban J connectivity index is 2.21. The molecule has 2 heterocycles. The number of aromatic nitrogens is 3. The van der Waals surface area contributed by atoms with Gasteiger partial charge >= 0.3 is 0 Å². The maximum Gasteiger partial charge on any atom is 0.250 e. The van der Waals surface area contributed by atoms with Gasteiger partial charge < -0.3 is 16.5 Å². The minimum absolute atomic E-state index is 0.0982. The van der Waals surface area contributed by atoms with Crippen LogP contribution < -0.4 is 11.5 Å². The predicted octanol–water partition coefficient (Wildman–Crippen LogP) is 2.27. The van der Waals surface area contributed by atoms with E-state index in [2.05, 4.69) is 15.0 Å². The van der Waals surface area contributed by atoms with E-state index in [1.807, 2.05) is 6.92 Å². The van der Waals surface area contributed by atoms with Crippen LogP contribution >= 0.6 is 0 Å². The lowest BCUT2D eigenvalue weighted by molar-refractivity contribution is 0.100. The van der Waals surface area contributed by atoms with Crippen molar-refractivity contribution in [2.75, 3.05) is 5.73 Å². The summed E-state index contributed by atoms with van der Waals surface area (Å²) in [6.07, 6.45) is 1.50. The summed E-state index contributed by atoms with van der Waals surface area (Å²) in [5, 5.41) is 0. The first-order valence-corrected chi connectivity index (χ1v) is 6.84. The molecule has 5 N–H and O–H groups in total. The fourth-order valence-electron chi connectivity index (χ4n) is 2.35. The zero-order chi connectivity index (χ0) is 16.6. The molecule has 0 spiro atoms. The largest absolute Gasteiger partial charge is 0.368 e. The highest BCUT2D eigenvalue weighted by Crippen LogP contribution is 2.30. The second kappa shape index (κ2) is 5.53. The van der Waals surface area contributed by atoms with E-state index in [1.54, 1.807) is 18.2 Å². The molecule has 0 aliphatic carbocycles. The van der Waals surface area contributed by atoms with Crippen molar-refractivity contribution < 1.29 is 9.18 Å². The number of primary amides is 1. The third-order valence-electron chi connectivity index (χ3n) is 3.42. The van der Waals surface area contributed by atoms with Gasteiger partial charge in [0.05, 0.1) is 22.6 Å². The minimum atomic E-state index is -0.662. The molecule has 0 atom stereocenters. The molecule has 3 aromatic rings. The number of nitrogens with two attached hydrogens (primary N) is 2. The Labute approximate surface area is 131 Å². The van der Waals surface area contributed by atoms with Crippen LogP contribution in [-0.2, 0) is 0 Å². The molecular weight excluding hydrogens is 297 g/mol. The lowest BCUT2D eigenvalue weighted by Gasteiger charge is -2.05. The second-order valence-electron chi connectivity index (χ2n) is 5.12. The zero-order valence-corrected chi connectivity index (χ0v) is 12.3. The van der Waals surface area contributed by atoms with Crippen LogP contribution in [0.2, 0.25) is 0 Å². The molecule has 2 aromatic heterocycles. The van der Waals surface area contributed by atoms with E-state index in [9.17, 15) is 9.18 Å². The Bertz CT molecular complexity index is 903. The molecule has 0 saturated carbocycles. The summed E-state index contributed by atoms with van der Waals surface area (Å²) in [7, 11) is 0. The van der Waals surface area contributed by atoms with Crippen molar-refractivity contribution >= 4 is 11.9 Å². The van der Waals surface area contributed by atoms with Crippen molar-refractivity contribution in [3.8, 4) is 22.6 Å². The third-order valence-corrected chi connectivity index (χ3v) is 3.42. The number of hydrogen-bond donors (Lipinski definition) is 3. The monoisotopic (exact) mass is 311 g/mol. The molecule has 116 valence electrons. The summed E-state index contributed by atoms with van der Waals surface area (Å²) >= 11 is 0. The van der Waals surface area contributed by atoms with E-state index >= 15 is 0 Å². The number of aryl methyl sites for hydroxylation is 1. The van der Waals surface area contributed by atoms with Gasteiger partial charge in [0.25, 0.3) is 5.91 Å².